The van der Waals surface area contributed by atoms with Crippen LogP contribution in [0.25, 0.3) is 11.0 Å². The number of benzene rings is 2. The number of aryl methyl sites for hydroxylation is 2. The van der Waals surface area contributed by atoms with E-state index in [-0.39, 0.29) is 5.56 Å². The Balaban J connectivity index is 1.82. The van der Waals surface area contributed by atoms with Gasteiger partial charge in [0.25, 0.3) is 0 Å². The predicted molar refractivity (Wildman–Crippen MR) is 105 cm³/mol. The highest BCUT2D eigenvalue weighted by Gasteiger charge is 2.09. The molecule has 0 unspecified atom stereocenters. The number of carboxylic acid groups (broad SMARTS) is 1. The summed E-state index contributed by atoms with van der Waals surface area (Å²) in [6.45, 7) is 3.70. The second-order valence-electron chi connectivity index (χ2n) is 5.87. The monoisotopic (exact) mass is 368 g/mol. The minimum absolute atomic E-state index is 0.170. The number of anilines is 2. The second-order valence-corrected chi connectivity index (χ2v) is 6.28. The Morgan fingerprint density at radius 3 is 2.54 bits per heavy atom. The van der Waals surface area contributed by atoms with Crippen molar-refractivity contribution in [1.29, 1.82) is 0 Å². The standard InChI is InChI=1S/C19H16N2O4S/c1-10-3-4-12(18(23)24)8-15(10)21-19(26)20-13-5-6-14-11(2)7-17(22)25-16(14)9-13/h3-9H,1-2H3,(H,23,24)(H2,20,21,26). The molecule has 0 atom stereocenters. The van der Waals surface area contributed by atoms with Crippen LogP contribution in [0.15, 0.2) is 51.7 Å². The van der Waals surface area contributed by atoms with Gasteiger partial charge in [-0.15, -0.1) is 0 Å². The zero-order chi connectivity index (χ0) is 18.8. The van der Waals surface area contributed by atoms with E-state index in [0.29, 0.717) is 22.1 Å². The van der Waals surface area contributed by atoms with Gasteiger partial charge in [-0.25, -0.2) is 9.59 Å². The van der Waals surface area contributed by atoms with Gasteiger partial charge >= 0.3 is 11.6 Å². The number of hydrogen-bond acceptors (Lipinski definition) is 4. The summed E-state index contributed by atoms with van der Waals surface area (Å²) in [6.07, 6.45) is 0. The third kappa shape index (κ3) is 3.73. The summed E-state index contributed by atoms with van der Waals surface area (Å²) in [4.78, 5) is 22.6. The van der Waals surface area contributed by atoms with E-state index in [0.717, 1.165) is 16.5 Å². The first kappa shape index (κ1) is 17.6. The van der Waals surface area contributed by atoms with E-state index < -0.39 is 11.6 Å². The Bertz CT molecular complexity index is 1090. The number of rotatable bonds is 3. The van der Waals surface area contributed by atoms with Gasteiger partial charge in [0.2, 0.25) is 0 Å². The first-order valence-electron chi connectivity index (χ1n) is 7.80. The lowest BCUT2D eigenvalue weighted by atomic mass is 10.1. The van der Waals surface area contributed by atoms with Crippen LogP contribution in [0.1, 0.15) is 21.5 Å². The van der Waals surface area contributed by atoms with Gasteiger partial charge in [-0.1, -0.05) is 6.07 Å². The molecule has 6 nitrogen and oxygen atoms in total. The number of fused-ring (bicyclic) bond motifs is 1. The van der Waals surface area contributed by atoms with E-state index in [9.17, 15) is 9.59 Å². The third-order valence-electron chi connectivity index (χ3n) is 3.94. The van der Waals surface area contributed by atoms with Gasteiger partial charge in [0.1, 0.15) is 5.58 Å². The summed E-state index contributed by atoms with van der Waals surface area (Å²) in [5.41, 5.74) is 3.18. The van der Waals surface area contributed by atoms with Gasteiger partial charge in [0.15, 0.2) is 5.11 Å². The molecule has 0 saturated heterocycles. The molecule has 132 valence electrons. The molecule has 1 heterocycles. The van der Waals surface area contributed by atoms with E-state index in [1.165, 1.54) is 18.2 Å². The van der Waals surface area contributed by atoms with Crippen molar-refractivity contribution in [2.75, 3.05) is 10.6 Å². The molecule has 3 aromatic rings. The summed E-state index contributed by atoms with van der Waals surface area (Å²) in [7, 11) is 0. The van der Waals surface area contributed by atoms with Crippen LogP contribution in [0.2, 0.25) is 0 Å². The summed E-state index contributed by atoms with van der Waals surface area (Å²) in [5, 5.41) is 16.2. The van der Waals surface area contributed by atoms with Gasteiger partial charge in [0.05, 0.1) is 5.56 Å². The van der Waals surface area contributed by atoms with Crippen LogP contribution in [0.5, 0.6) is 0 Å². The summed E-state index contributed by atoms with van der Waals surface area (Å²) < 4.78 is 5.22. The van der Waals surface area contributed by atoms with E-state index in [2.05, 4.69) is 10.6 Å². The van der Waals surface area contributed by atoms with Crippen molar-refractivity contribution in [3.8, 4) is 0 Å². The van der Waals surface area contributed by atoms with Crippen molar-refractivity contribution >= 4 is 45.6 Å². The van der Waals surface area contributed by atoms with E-state index in [1.807, 2.05) is 26.0 Å². The molecule has 0 spiro atoms. The van der Waals surface area contributed by atoms with Gasteiger partial charge in [-0.05, 0) is 61.5 Å². The number of aromatic carboxylic acids is 1. The van der Waals surface area contributed by atoms with Crippen molar-refractivity contribution in [2.45, 2.75) is 13.8 Å². The lowest BCUT2D eigenvalue weighted by Crippen LogP contribution is -2.20. The zero-order valence-electron chi connectivity index (χ0n) is 14.1. The minimum atomic E-state index is -1.01. The van der Waals surface area contributed by atoms with Crippen molar-refractivity contribution in [3.63, 3.8) is 0 Å². The van der Waals surface area contributed by atoms with E-state index in [1.54, 1.807) is 12.1 Å². The molecular formula is C19H16N2O4S. The molecule has 1 aromatic heterocycles. The number of hydrogen-bond donors (Lipinski definition) is 3. The molecule has 26 heavy (non-hydrogen) atoms. The summed E-state index contributed by atoms with van der Waals surface area (Å²) in [6, 6.07) is 11.6. The molecule has 0 fully saturated rings. The molecule has 0 bridgehead atoms. The molecule has 3 N–H and O–H groups in total. The molecule has 7 heteroatoms. The van der Waals surface area contributed by atoms with Gasteiger partial charge in [-0.3, -0.25) is 0 Å². The average Bonchev–Trinajstić information content (AvgIpc) is 2.56. The molecule has 3 rings (SSSR count). The maximum absolute atomic E-state index is 11.5. The highest BCUT2D eigenvalue weighted by molar-refractivity contribution is 7.80. The summed E-state index contributed by atoms with van der Waals surface area (Å²) >= 11 is 5.30. The predicted octanol–water partition coefficient (Wildman–Crippen LogP) is 3.92. The zero-order valence-corrected chi connectivity index (χ0v) is 14.9. The minimum Gasteiger partial charge on any atom is -0.478 e. The topological polar surface area (TPSA) is 91.6 Å². The number of carbonyl (C=O) groups is 1. The molecular weight excluding hydrogens is 352 g/mol. The smallest absolute Gasteiger partial charge is 0.336 e. The molecule has 0 aliphatic rings. The Labute approximate surface area is 154 Å². The van der Waals surface area contributed by atoms with Crippen LogP contribution in [0, 0.1) is 13.8 Å². The molecule has 2 aromatic carbocycles. The first-order chi connectivity index (χ1) is 12.3. The van der Waals surface area contributed by atoms with Crippen LogP contribution in [0.3, 0.4) is 0 Å². The van der Waals surface area contributed by atoms with Crippen LogP contribution in [0.4, 0.5) is 11.4 Å². The maximum atomic E-state index is 11.5. The molecule has 0 radical (unpaired) electrons. The third-order valence-corrected chi connectivity index (χ3v) is 4.15. The largest absolute Gasteiger partial charge is 0.478 e. The Morgan fingerprint density at radius 2 is 1.81 bits per heavy atom. The van der Waals surface area contributed by atoms with Crippen molar-refractivity contribution in [3.05, 3.63) is 69.6 Å². The van der Waals surface area contributed by atoms with Crippen molar-refractivity contribution < 1.29 is 14.3 Å². The van der Waals surface area contributed by atoms with Gasteiger partial charge in [-0.2, -0.15) is 0 Å². The van der Waals surface area contributed by atoms with Crippen LogP contribution < -0.4 is 16.3 Å². The molecule has 0 amide bonds. The number of carboxylic acids is 1. The highest BCUT2D eigenvalue weighted by Crippen LogP contribution is 2.22. The number of thiocarbonyl (C=S) groups is 1. The molecule has 0 aliphatic heterocycles. The van der Waals surface area contributed by atoms with Crippen LogP contribution >= 0.6 is 12.2 Å². The maximum Gasteiger partial charge on any atom is 0.336 e. The van der Waals surface area contributed by atoms with Crippen molar-refractivity contribution in [1.82, 2.24) is 0 Å². The fourth-order valence-electron chi connectivity index (χ4n) is 2.58. The summed E-state index contributed by atoms with van der Waals surface area (Å²) in [5.74, 6) is -1.01. The lowest BCUT2D eigenvalue weighted by Gasteiger charge is -2.13. The Morgan fingerprint density at radius 1 is 1.04 bits per heavy atom. The Hall–Kier alpha value is -3.19. The average molecular weight is 368 g/mol. The normalized spacial score (nSPS) is 10.5. The van der Waals surface area contributed by atoms with Crippen LogP contribution in [-0.2, 0) is 0 Å². The Kier molecular flexibility index (Phi) is 4.73. The van der Waals surface area contributed by atoms with Crippen molar-refractivity contribution in [2.24, 2.45) is 0 Å². The fourth-order valence-corrected chi connectivity index (χ4v) is 2.80. The molecule has 0 aliphatic carbocycles. The second kappa shape index (κ2) is 6.97. The van der Waals surface area contributed by atoms with E-state index >= 15 is 0 Å². The molecule has 0 saturated carbocycles. The van der Waals surface area contributed by atoms with Gasteiger partial charge in [0, 0.05) is 28.9 Å². The van der Waals surface area contributed by atoms with Gasteiger partial charge < -0.3 is 20.2 Å². The van der Waals surface area contributed by atoms with Crippen LogP contribution in [-0.4, -0.2) is 16.2 Å². The highest BCUT2D eigenvalue weighted by atomic mass is 32.1. The quantitative estimate of drug-likeness (QED) is 0.477. The SMILES string of the molecule is Cc1ccc(C(=O)O)cc1NC(=S)Nc1ccc2c(C)cc(=O)oc2c1. The number of nitrogens with one attached hydrogen (secondary N) is 2. The first-order valence-corrected chi connectivity index (χ1v) is 8.21. The van der Waals surface area contributed by atoms with E-state index in [4.69, 9.17) is 21.7 Å². The lowest BCUT2D eigenvalue weighted by molar-refractivity contribution is 0.0697. The fraction of sp³-hybridized carbons (Fsp3) is 0.105.